The molecule has 22 heavy (non-hydrogen) atoms. The number of rotatable bonds is 2. The first-order chi connectivity index (χ1) is 10.6. The predicted octanol–water partition coefficient (Wildman–Crippen LogP) is 2.79. The Morgan fingerprint density at radius 2 is 1.55 bits per heavy atom. The second-order valence-electron chi connectivity index (χ2n) is 5.97. The molecule has 2 aliphatic rings. The zero-order valence-electron chi connectivity index (χ0n) is 12.0. The third-order valence-corrected chi connectivity index (χ3v) is 6.03. The van der Waals surface area contributed by atoms with Crippen molar-refractivity contribution in [1.29, 1.82) is 0 Å². The predicted molar refractivity (Wildman–Crippen MR) is 87.8 cm³/mol. The highest BCUT2D eigenvalue weighted by Crippen LogP contribution is 2.47. The maximum atomic E-state index is 11.9. The molecule has 0 bridgehead atoms. The van der Waals surface area contributed by atoms with Crippen molar-refractivity contribution in [3.8, 4) is 0 Å². The van der Waals surface area contributed by atoms with Gasteiger partial charge >= 0.3 is 0 Å². The smallest absolute Gasteiger partial charge is 0.212 e. The Balaban J connectivity index is 1.82. The fraction of sp³-hybridized carbons (Fsp3) is 0.222. The van der Waals surface area contributed by atoms with E-state index in [9.17, 15) is 8.42 Å². The molecule has 1 saturated heterocycles. The third-order valence-electron chi connectivity index (χ3n) is 4.58. The second kappa shape index (κ2) is 5.07. The van der Waals surface area contributed by atoms with E-state index in [-0.39, 0.29) is 23.6 Å². The minimum Gasteiger partial charge on any atom is -0.212 e. The fourth-order valence-corrected chi connectivity index (χ4v) is 5.34. The van der Waals surface area contributed by atoms with E-state index < -0.39 is 10.0 Å². The maximum Gasteiger partial charge on any atom is 0.212 e. The first-order valence-electron chi connectivity index (χ1n) is 7.46. The van der Waals surface area contributed by atoms with Gasteiger partial charge in [0.05, 0.1) is 5.75 Å². The maximum absolute atomic E-state index is 11.9. The van der Waals surface area contributed by atoms with Gasteiger partial charge in [-0.05, 0) is 16.7 Å². The monoisotopic (exact) mass is 311 g/mol. The molecule has 0 unspecified atom stereocenters. The van der Waals surface area contributed by atoms with Gasteiger partial charge in [-0.15, -0.1) is 0 Å². The highest BCUT2D eigenvalue weighted by Gasteiger charge is 2.46. The summed E-state index contributed by atoms with van der Waals surface area (Å²) < 4.78 is 26.6. The van der Waals surface area contributed by atoms with Crippen molar-refractivity contribution in [3.05, 3.63) is 77.9 Å². The van der Waals surface area contributed by atoms with Crippen LogP contribution in [0.15, 0.2) is 66.7 Å². The van der Waals surface area contributed by atoms with Crippen molar-refractivity contribution < 1.29 is 8.42 Å². The highest BCUT2D eigenvalue weighted by atomic mass is 32.2. The van der Waals surface area contributed by atoms with Crippen LogP contribution in [0.5, 0.6) is 0 Å². The Labute approximate surface area is 130 Å². The highest BCUT2D eigenvalue weighted by molar-refractivity contribution is 7.89. The minimum absolute atomic E-state index is 0.0719. The molecule has 0 amide bonds. The van der Waals surface area contributed by atoms with E-state index in [1.807, 2.05) is 36.4 Å². The van der Waals surface area contributed by atoms with Crippen LogP contribution >= 0.6 is 0 Å². The second-order valence-corrected chi connectivity index (χ2v) is 7.76. The average Bonchev–Trinajstić information content (AvgIpc) is 3.00. The Morgan fingerprint density at radius 1 is 0.909 bits per heavy atom. The van der Waals surface area contributed by atoms with E-state index in [2.05, 4.69) is 35.1 Å². The average molecular weight is 311 g/mol. The molecule has 0 radical (unpaired) electrons. The number of fused-ring (bicyclic) bond motifs is 1. The summed E-state index contributed by atoms with van der Waals surface area (Å²) >= 11 is 0. The van der Waals surface area contributed by atoms with Crippen molar-refractivity contribution in [2.45, 2.75) is 12.0 Å². The third kappa shape index (κ3) is 2.28. The van der Waals surface area contributed by atoms with E-state index in [0.29, 0.717) is 0 Å². The molecule has 0 aromatic heterocycles. The fourth-order valence-electron chi connectivity index (χ4n) is 3.68. The van der Waals surface area contributed by atoms with E-state index >= 15 is 0 Å². The van der Waals surface area contributed by atoms with Gasteiger partial charge in [0.25, 0.3) is 0 Å². The van der Waals surface area contributed by atoms with Crippen molar-refractivity contribution in [1.82, 2.24) is 4.72 Å². The SMILES string of the molecule is O=S1(=O)C[C@H]2[C@H](C=C(c3ccccc3)[C@@H]2c2ccccc2)N1. The van der Waals surface area contributed by atoms with Crippen LogP contribution in [-0.4, -0.2) is 20.2 Å². The van der Waals surface area contributed by atoms with Crippen LogP contribution in [-0.2, 0) is 10.0 Å². The molecule has 4 rings (SSSR count). The molecule has 2 aromatic carbocycles. The van der Waals surface area contributed by atoms with Gasteiger partial charge in [0.15, 0.2) is 0 Å². The molecule has 0 spiro atoms. The zero-order chi connectivity index (χ0) is 15.2. The van der Waals surface area contributed by atoms with Gasteiger partial charge in [0, 0.05) is 17.9 Å². The van der Waals surface area contributed by atoms with Crippen LogP contribution in [0.1, 0.15) is 17.0 Å². The van der Waals surface area contributed by atoms with Crippen molar-refractivity contribution in [2.24, 2.45) is 5.92 Å². The summed E-state index contributed by atoms with van der Waals surface area (Å²) in [7, 11) is -3.15. The number of hydrogen-bond donors (Lipinski definition) is 1. The van der Waals surface area contributed by atoms with Crippen LogP contribution < -0.4 is 4.72 Å². The van der Waals surface area contributed by atoms with Crippen LogP contribution in [0.4, 0.5) is 0 Å². The number of sulfonamides is 1. The molecule has 1 fully saturated rings. The Bertz CT molecular complexity index is 813. The van der Waals surface area contributed by atoms with Gasteiger partial charge in [-0.3, -0.25) is 0 Å². The lowest BCUT2D eigenvalue weighted by atomic mass is 9.82. The van der Waals surface area contributed by atoms with Gasteiger partial charge in [0.2, 0.25) is 10.0 Å². The first kappa shape index (κ1) is 13.7. The molecule has 112 valence electrons. The van der Waals surface area contributed by atoms with Crippen LogP contribution in [0, 0.1) is 5.92 Å². The molecular formula is C18H17NO2S. The Morgan fingerprint density at radius 3 is 2.23 bits per heavy atom. The van der Waals surface area contributed by atoms with Crippen LogP contribution in [0.2, 0.25) is 0 Å². The van der Waals surface area contributed by atoms with Crippen molar-refractivity contribution in [3.63, 3.8) is 0 Å². The number of hydrogen-bond acceptors (Lipinski definition) is 2. The summed E-state index contributed by atoms with van der Waals surface area (Å²) in [6.45, 7) is 0. The summed E-state index contributed by atoms with van der Waals surface area (Å²) in [4.78, 5) is 0. The quantitative estimate of drug-likeness (QED) is 0.927. The topological polar surface area (TPSA) is 46.2 Å². The van der Waals surface area contributed by atoms with E-state index in [1.54, 1.807) is 0 Å². The van der Waals surface area contributed by atoms with Crippen molar-refractivity contribution >= 4 is 15.6 Å². The lowest BCUT2D eigenvalue weighted by Gasteiger charge is -2.22. The zero-order valence-corrected chi connectivity index (χ0v) is 12.8. The van der Waals surface area contributed by atoms with Gasteiger partial charge in [0.1, 0.15) is 0 Å². The summed E-state index contributed by atoms with van der Waals surface area (Å²) in [6, 6.07) is 20.4. The van der Waals surface area contributed by atoms with E-state index in [1.165, 1.54) is 16.7 Å². The summed E-state index contributed by atoms with van der Waals surface area (Å²) in [5.41, 5.74) is 3.58. The minimum atomic E-state index is -3.15. The van der Waals surface area contributed by atoms with Crippen LogP contribution in [0.25, 0.3) is 5.57 Å². The molecule has 3 nitrogen and oxygen atoms in total. The molecule has 1 aliphatic heterocycles. The van der Waals surface area contributed by atoms with Crippen molar-refractivity contribution in [2.75, 3.05) is 5.75 Å². The first-order valence-corrected chi connectivity index (χ1v) is 9.11. The van der Waals surface area contributed by atoms with Gasteiger partial charge in [-0.2, -0.15) is 0 Å². The molecule has 3 atom stereocenters. The molecular weight excluding hydrogens is 294 g/mol. The lowest BCUT2D eigenvalue weighted by Crippen LogP contribution is -2.25. The largest absolute Gasteiger partial charge is 0.212 e. The number of allylic oxidation sites excluding steroid dienone is 1. The van der Waals surface area contributed by atoms with E-state index in [0.717, 1.165) is 0 Å². The molecule has 1 heterocycles. The Hall–Kier alpha value is -1.91. The Kier molecular flexibility index (Phi) is 3.17. The molecule has 1 aliphatic carbocycles. The standard InChI is InChI=1S/C18H17NO2S/c20-22(21)12-16-17(19-22)11-15(13-7-3-1-4-8-13)18(16)14-9-5-2-6-10-14/h1-11,16-19H,12H2/t16-,17-,18-/m0/s1. The summed E-state index contributed by atoms with van der Waals surface area (Å²) in [5, 5.41) is 0. The molecule has 0 saturated carbocycles. The molecule has 4 heteroatoms. The van der Waals surface area contributed by atoms with Gasteiger partial charge < -0.3 is 0 Å². The molecule has 1 N–H and O–H groups in total. The summed E-state index contributed by atoms with van der Waals surface area (Å²) in [5.74, 6) is 0.394. The van der Waals surface area contributed by atoms with Gasteiger partial charge in [-0.1, -0.05) is 66.7 Å². The van der Waals surface area contributed by atoms with Crippen LogP contribution in [0.3, 0.4) is 0 Å². The molecule has 2 aromatic rings. The van der Waals surface area contributed by atoms with E-state index in [4.69, 9.17) is 0 Å². The lowest BCUT2D eigenvalue weighted by molar-refractivity contribution is 0.524. The van der Waals surface area contributed by atoms with Gasteiger partial charge in [-0.25, -0.2) is 13.1 Å². The summed E-state index contributed by atoms with van der Waals surface area (Å²) in [6.07, 6.45) is 2.10. The normalized spacial score (nSPS) is 29.1. The number of benzene rings is 2. The number of nitrogens with one attached hydrogen (secondary N) is 1.